The van der Waals surface area contributed by atoms with Crippen molar-refractivity contribution < 1.29 is 33.3 Å². The van der Waals surface area contributed by atoms with Crippen LogP contribution in [0.25, 0.3) is 0 Å². The Morgan fingerprint density at radius 3 is 2.14 bits per heavy atom. The minimum absolute atomic E-state index is 0.0691. The van der Waals surface area contributed by atoms with Crippen LogP contribution in [-0.2, 0) is 9.53 Å². The van der Waals surface area contributed by atoms with Crippen molar-refractivity contribution in [1.82, 2.24) is 10.6 Å². The summed E-state index contributed by atoms with van der Waals surface area (Å²) in [5, 5.41) is 4.91. The molecule has 1 aromatic carbocycles. The van der Waals surface area contributed by atoms with Crippen LogP contribution in [0, 0.1) is 0 Å². The lowest BCUT2D eigenvalue weighted by Gasteiger charge is -2.22. The summed E-state index contributed by atoms with van der Waals surface area (Å²) in [6.45, 7) is -0.603. The van der Waals surface area contributed by atoms with Gasteiger partial charge in [0.15, 0.2) is 18.1 Å². The molecule has 1 aromatic rings. The Bertz CT molecular complexity index is 714. The van der Waals surface area contributed by atoms with Gasteiger partial charge in [-0.15, -0.1) is 0 Å². The zero-order chi connectivity index (χ0) is 20.5. The van der Waals surface area contributed by atoms with E-state index < -0.39 is 24.5 Å². The molecular formula is C19H26N2O7. The van der Waals surface area contributed by atoms with E-state index in [2.05, 4.69) is 10.6 Å². The van der Waals surface area contributed by atoms with Crippen molar-refractivity contribution in [3.8, 4) is 17.2 Å². The molecule has 0 saturated heterocycles. The second-order valence-corrected chi connectivity index (χ2v) is 6.34. The molecule has 2 rings (SSSR count). The predicted molar refractivity (Wildman–Crippen MR) is 99.9 cm³/mol. The maximum absolute atomic E-state index is 12.3. The lowest BCUT2D eigenvalue weighted by atomic mass is 9.96. The minimum atomic E-state index is -0.791. The van der Waals surface area contributed by atoms with Gasteiger partial charge in [-0.3, -0.25) is 10.1 Å². The fraction of sp³-hybridized carbons (Fsp3) is 0.526. The number of amides is 3. The molecule has 1 saturated carbocycles. The highest BCUT2D eigenvalue weighted by Crippen LogP contribution is 2.34. The molecule has 1 aliphatic carbocycles. The molecule has 0 radical (unpaired) electrons. The van der Waals surface area contributed by atoms with Crippen molar-refractivity contribution in [3.05, 3.63) is 17.7 Å². The van der Waals surface area contributed by atoms with Crippen LogP contribution in [0.2, 0.25) is 0 Å². The van der Waals surface area contributed by atoms with Gasteiger partial charge >= 0.3 is 12.0 Å². The Hall–Kier alpha value is -2.97. The standard InChI is InChI=1S/C19H26N2O7/c1-25-14-10-16(27-3)15(26-2)9-13(14)18(23)28-11-17(22)21-19(24)20-12-7-5-4-6-8-12/h9-10,12H,4-8,11H2,1-3H3,(H2,20,21,22,24). The summed E-state index contributed by atoms with van der Waals surface area (Å²) in [6.07, 6.45) is 5.08. The number of hydrogen-bond donors (Lipinski definition) is 2. The zero-order valence-corrected chi connectivity index (χ0v) is 16.3. The van der Waals surface area contributed by atoms with E-state index >= 15 is 0 Å². The summed E-state index contributed by atoms with van der Waals surface area (Å²) in [5.41, 5.74) is 0.0691. The molecule has 9 heteroatoms. The monoisotopic (exact) mass is 394 g/mol. The van der Waals surface area contributed by atoms with Crippen molar-refractivity contribution in [3.63, 3.8) is 0 Å². The summed E-state index contributed by atoms with van der Waals surface area (Å²) >= 11 is 0. The van der Waals surface area contributed by atoms with E-state index in [1.165, 1.54) is 33.5 Å². The maximum Gasteiger partial charge on any atom is 0.342 e. The van der Waals surface area contributed by atoms with Crippen LogP contribution in [-0.4, -0.2) is 51.9 Å². The topological polar surface area (TPSA) is 112 Å². The number of carbonyl (C=O) groups is 3. The molecule has 1 aliphatic rings. The molecule has 9 nitrogen and oxygen atoms in total. The van der Waals surface area contributed by atoms with E-state index in [4.69, 9.17) is 18.9 Å². The number of imide groups is 1. The lowest BCUT2D eigenvalue weighted by molar-refractivity contribution is -0.123. The molecule has 154 valence electrons. The molecule has 0 aliphatic heterocycles. The second-order valence-electron chi connectivity index (χ2n) is 6.34. The van der Waals surface area contributed by atoms with Crippen molar-refractivity contribution in [2.45, 2.75) is 38.1 Å². The number of nitrogens with one attached hydrogen (secondary N) is 2. The molecule has 0 atom stereocenters. The van der Waals surface area contributed by atoms with Gasteiger partial charge in [-0.1, -0.05) is 19.3 Å². The minimum Gasteiger partial charge on any atom is -0.496 e. The number of methoxy groups -OCH3 is 3. The first-order chi connectivity index (χ1) is 13.5. The number of rotatable bonds is 7. The van der Waals surface area contributed by atoms with Gasteiger partial charge in [-0.2, -0.15) is 0 Å². The van der Waals surface area contributed by atoms with Gasteiger partial charge in [0.1, 0.15) is 11.3 Å². The molecule has 0 spiro atoms. The largest absolute Gasteiger partial charge is 0.496 e. The molecule has 0 bridgehead atoms. The van der Waals surface area contributed by atoms with Gasteiger partial charge < -0.3 is 24.3 Å². The molecular weight excluding hydrogens is 368 g/mol. The Balaban J connectivity index is 1.90. The van der Waals surface area contributed by atoms with Crippen molar-refractivity contribution in [1.29, 1.82) is 0 Å². The third-order valence-electron chi connectivity index (χ3n) is 4.45. The fourth-order valence-corrected chi connectivity index (χ4v) is 3.03. The van der Waals surface area contributed by atoms with Crippen molar-refractivity contribution >= 4 is 17.9 Å². The average Bonchev–Trinajstić information content (AvgIpc) is 2.71. The first-order valence-electron chi connectivity index (χ1n) is 9.06. The third kappa shape index (κ3) is 5.77. The van der Waals surface area contributed by atoms with Gasteiger partial charge in [0.2, 0.25) is 0 Å². The quantitative estimate of drug-likeness (QED) is 0.681. The maximum atomic E-state index is 12.3. The molecule has 3 amide bonds. The van der Waals surface area contributed by atoms with Gasteiger partial charge in [0, 0.05) is 18.2 Å². The first kappa shape index (κ1) is 21.3. The summed E-state index contributed by atoms with van der Waals surface area (Å²) in [5.74, 6) is -0.612. The molecule has 2 N–H and O–H groups in total. The number of ether oxygens (including phenoxy) is 4. The average molecular weight is 394 g/mol. The highest BCUT2D eigenvalue weighted by atomic mass is 16.5. The molecule has 0 unspecified atom stereocenters. The zero-order valence-electron chi connectivity index (χ0n) is 16.3. The molecule has 28 heavy (non-hydrogen) atoms. The van der Waals surface area contributed by atoms with E-state index in [9.17, 15) is 14.4 Å². The smallest absolute Gasteiger partial charge is 0.342 e. The number of benzene rings is 1. The van der Waals surface area contributed by atoms with Crippen LogP contribution in [0.3, 0.4) is 0 Å². The van der Waals surface area contributed by atoms with Crippen molar-refractivity contribution in [2.24, 2.45) is 0 Å². The molecule has 0 aromatic heterocycles. The van der Waals surface area contributed by atoms with Gasteiger partial charge in [-0.25, -0.2) is 9.59 Å². The van der Waals surface area contributed by atoms with Crippen LogP contribution < -0.4 is 24.8 Å². The highest BCUT2D eigenvalue weighted by molar-refractivity contribution is 5.98. The molecule has 0 heterocycles. The number of urea groups is 1. The second kappa shape index (κ2) is 10.4. The Morgan fingerprint density at radius 2 is 1.54 bits per heavy atom. The SMILES string of the molecule is COc1cc(OC)c(C(=O)OCC(=O)NC(=O)NC2CCCCC2)cc1OC. The molecule has 1 fully saturated rings. The summed E-state index contributed by atoms with van der Waals surface area (Å²) in [7, 11) is 4.27. The number of esters is 1. The Morgan fingerprint density at radius 1 is 0.929 bits per heavy atom. The van der Waals surface area contributed by atoms with E-state index in [-0.39, 0.29) is 17.4 Å². The number of hydrogen-bond acceptors (Lipinski definition) is 7. The fourth-order valence-electron chi connectivity index (χ4n) is 3.03. The summed E-state index contributed by atoms with van der Waals surface area (Å²) in [6, 6.07) is 2.36. The van der Waals surface area contributed by atoms with Crippen LogP contribution in [0.15, 0.2) is 12.1 Å². The lowest BCUT2D eigenvalue weighted by Crippen LogP contribution is -2.46. The third-order valence-corrected chi connectivity index (χ3v) is 4.45. The predicted octanol–water partition coefficient (Wildman–Crippen LogP) is 2.03. The van der Waals surface area contributed by atoms with Crippen LogP contribution in [0.4, 0.5) is 4.79 Å². The van der Waals surface area contributed by atoms with E-state index in [1.54, 1.807) is 0 Å². The van der Waals surface area contributed by atoms with Crippen LogP contribution >= 0.6 is 0 Å². The van der Waals surface area contributed by atoms with Crippen LogP contribution in [0.1, 0.15) is 42.5 Å². The normalized spacial score (nSPS) is 14.0. The Kier molecular flexibility index (Phi) is 7.91. The summed E-state index contributed by atoms with van der Waals surface area (Å²) < 4.78 is 20.5. The van der Waals surface area contributed by atoms with Gasteiger partial charge in [0.05, 0.1) is 21.3 Å². The van der Waals surface area contributed by atoms with Gasteiger partial charge in [-0.05, 0) is 12.8 Å². The van der Waals surface area contributed by atoms with E-state index in [1.807, 2.05) is 0 Å². The summed E-state index contributed by atoms with van der Waals surface area (Å²) in [4.78, 5) is 36.1. The highest BCUT2D eigenvalue weighted by Gasteiger charge is 2.21. The van der Waals surface area contributed by atoms with E-state index in [0.29, 0.717) is 11.5 Å². The first-order valence-corrected chi connectivity index (χ1v) is 9.06. The van der Waals surface area contributed by atoms with Gasteiger partial charge in [0.25, 0.3) is 5.91 Å². The Labute approximate surface area is 163 Å². The van der Waals surface area contributed by atoms with Crippen molar-refractivity contribution in [2.75, 3.05) is 27.9 Å². The van der Waals surface area contributed by atoms with Crippen LogP contribution in [0.5, 0.6) is 17.2 Å². The number of carbonyl (C=O) groups excluding carboxylic acids is 3. The van der Waals surface area contributed by atoms with E-state index in [0.717, 1.165) is 32.1 Å².